The van der Waals surface area contributed by atoms with E-state index >= 15 is 0 Å². The van der Waals surface area contributed by atoms with Crippen molar-refractivity contribution in [1.82, 2.24) is 14.8 Å². The van der Waals surface area contributed by atoms with Crippen LogP contribution in [0.25, 0.3) is 17.0 Å². The molecule has 1 N–H and O–H groups in total. The van der Waals surface area contributed by atoms with Gasteiger partial charge in [0.25, 0.3) is 5.91 Å². The predicted octanol–water partition coefficient (Wildman–Crippen LogP) is 5.08. The summed E-state index contributed by atoms with van der Waals surface area (Å²) >= 11 is 1.32. The van der Waals surface area contributed by atoms with Crippen molar-refractivity contribution in [3.8, 4) is 17.6 Å². The Kier molecular flexibility index (Phi) is 7.75. The number of fused-ring (bicyclic) bond motifs is 1. The lowest BCUT2D eigenvalue weighted by Crippen LogP contribution is -2.13. The minimum Gasteiger partial charge on any atom is -0.493 e. The van der Waals surface area contributed by atoms with E-state index < -0.39 is 5.91 Å². The molecule has 0 aliphatic heterocycles. The number of nitrogens with zero attached hydrogens (tertiary/aromatic N) is 4. The molecule has 4 aromatic rings. The number of rotatable bonds is 10. The zero-order chi connectivity index (χ0) is 24.6. The van der Waals surface area contributed by atoms with E-state index in [-0.39, 0.29) is 5.57 Å². The highest BCUT2D eigenvalue weighted by atomic mass is 32.1. The minimum atomic E-state index is -0.511. The number of benzene rings is 2. The maximum Gasteiger partial charge on any atom is 0.268 e. The standard InChI is InChI=1S/C26H25N5O3S/c1-3-8-24-29-30-26(35-24)28-25(32)18(16-27)15-19-17-31(21-10-5-4-9-20(19)21)13-14-34-23-12-7-6-11-22(23)33-2/h4-7,9-12,15,17H,3,8,13-14H2,1-2H3,(H,28,30,32)/b18-15-. The number of hydrogen-bond acceptors (Lipinski definition) is 7. The van der Waals surface area contributed by atoms with Gasteiger partial charge < -0.3 is 14.0 Å². The Hall–Kier alpha value is -4.16. The van der Waals surface area contributed by atoms with Crippen molar-refractivity contribution < 1.29 is 14.3 Å². The van der Waals surface area contributed by atoms with Crippen molar-refractivity contribution in [3.05, 3.63) is 70.9 Å². The zero-order valence-corrected chi connectivity index (χ0v) is 20.3. The molecule has 0 atom stereocenters. The number of aromatic nitrogens is 3. The number of hydrogen-bond donors (Lipinski definition) is 1. The van der Waals surface area contributed by atoms with E-state index in [1.165, 1.54) is 11.3 Å². The smallest absolute Gasteiger partial charge is 0.268 e. The topological polar surface area (TPSA) is 102 Å². The van der Waals surface area contributed by atoms with Crippen molar-refractivity contribution in [2.45, 2.75) is 26.3 Å². The van der Waals surface area contributed by atoms with E-state index in [0.717, 1.165) is 34.3 Å². The molecule has 0 radical (unpaired) electrons. The Morgan fingerprint density at radius 2 is 1.94 bits per heavy atom. The molecule has 9 heteroatoms. The van der Waals surface area contributed by atoms with Crippen LogP contribution in [0.2, 0.25) is 0 Å². The van der Waals surface area contributed by atoms with Crippen LogP contribution in [0.3, 0.4) is 0 Å². The number of para-hydroxylation sites is 3. The molecule has 0 aliphatic rings. The fourth-order valence-corrected chi connectivity index (χ4v) is 4.49. The van der Waals surface area contributed by atoms with Crippen LogP contribution in [0.4, 0.5) is 5.13 Å². The maximum absolute atomic E-state index is 12.7. The third-order valence-corrected chi connectivity index (χ3v) is 6.19. The van der Waals surface area contributed by atoms with Gasteiger partial charge in [0.05, 0.1) is 13.7 Å². The first-order chi connectivity index (χ1) is 17.1. The van der Waals surface area contributed by atoms with Crippen LogP contribution < -0.4 is 14.8 Å². The number of nitriles is 1. The molecule has 178 valence electrons. The van der Waals surface area contributed by atoms with Crippen LogP contribution in [-0.2, 0) is 17.8 Å². The van der Waals surface area contributed by atoms with E-state index in [1.54, 1.807) is 13.2 Å². The largest absolute Gasteiger partial charge is 0.493 e. The highest BCUT2D eigenvalue weighted by Crippen LogP contribution is 2.27. The number of anilines is 1. The molecule has 2 aromatic heterocycles. The molecule has 0 saturated carbocycles. The third-order valence-electron chi connectivity index (χ3n) is 5.29. The van der Waals surface area contributed by atoms with Crippen LogP contribution in [0.15, 0.2) is 60.3 Å². The summed E-state index contributed by atoms with van der Waals surface area (Å²) in [5, 5.41) is 22.6. The van der Waals surface area contributed by atoms with E-state index in [0.29, 0.717) is 29.8 Å². The monoisotopic (exact) mass is 487 g/mol. The predicted molar refractivity (Wildman–Crippen MR) is 137 cm³/mol. The first-order valence-electron chi connectivity index (χ1n) is 11.2. The summed E-state index contributed by atoms with van der Waals surface area (Å²) in [5.74, 6) is 0.840. The van der Waals surface area contributed by atoms with Crippen molar-refractivity contribution in [1.29, 1.82) is 5.26 Å². The number of nitrogens with one attached hydrogen (secondary N) is 1. The summed E-state index contributed by atoms with van der Waals surface area (Å²) in [6.45, 7) is 3.05. The molecule has 35 heavy (non-hydrogen) atoms. The van der Waals surface area contributed by atoms with Gasteiger partial charge in [-0.2, -0.15) is 5.26 Å². The molecule has 2 heterocycles. The molecule has 8 nitrogen and oxygen atoms in total. The minimum absolute atomic E-state index is 0.00887. The number of methoxy groups -OCH3 is 1. The highest BCUT2D eigenvalue weighted by Gasteiger charge is 2.15. The molecule has 0 fully saturated rings. The average Bonchev–Trinajstić information content (AvgIpc) is 3.47. The molecule has 4 rings (SSSR count). The van der Waals surface area contributed by atoms with Gasteiger partial charge in [-0.15, -0.1) is 10.2 Å². The first-order valence-corrected chi connectivity index (χ1v) is 12.0. The Labute approximate surface area is 207 Å². The van der Waals surface area contributed by atoms with Crippen LogP contribution in [0.5, 0.6) is 11.5 Å². The fraction of sp³-hybridized carbons (Fsp3) is 0.231. The Morgan fingerprint density at radius 3 is 2.71 bits per heavy atom. The normalized spacial score (nSPS) is 11.3. The lowest BCUT2D eigenvalue weighted by Gasteiger charge is -2.11. The Balaban J connectivity index is 1.53. The molecule has 0 unspecified atom stereocenters. The van der Waals surface area contributed by atoms with Crippen molar-refractivity contribution >= 4 is 39.4 Å². The van der Waals surface area contributed by atoms with Crippen molar-refractivity contribution in [2.24, 2.45) is 0 Å². The highest BCUT2D eigenvalue weighted by molar-refractivity contribution is 7.15. The molecular formula is C26H25N5O3S. The second kappa shape index (κ2) is 11.3. The summed E-state index contributed by atoms with van der Waals surface area (Å²) in [6, 6.07) is 17.4. The van der Waals surface area contributed by atoms with Crippen LogP contribution in [-0.4, -0.2) is 34.4 Å². The van der Waals surface area contributed by atoms with Gasteiger partial charge in [-0.25, -0.2) is 0 Å². The van der Waals surface area contributed by atoms with Crippen LogP contribution in [0.1, 0.15) is 23.9 Å². The number of amides is 1. The fourth-order valence-electron chi connectivity index (χ4n) is 3.65. The Morgan fingerprint density at radius 1 is 1.17 bits per heavy atom. The zero-order valence-electron chi connectivity index (χ0n) is 19.5. The summed E-state index contributed by atoms with van der Waals surface area (Å²) in [7, 11) is 1.61. The van der Waals surface area contributed by atoms with E-state index in [9.17, 15) is 10.1 Å². The lowest BCUT2D eigenvalue weighted by molar-refractivity contribution is -0.112. The average molecular weight is 488 g/mol. The number of carbonyl (C=O) groups excluding carboxylic acids is 1. The molecule has 1 amide bonds. The van der Waals surface area contributed by atoms with Gasteiger partial charge in [0.15, 0.2) is 11.5 Å². The molecule has 0 aliphatic carbocycles. The SMILES string of the molecule is CCCc1nnc(NC(=O)/C(C#N)=C\c2cn(CCOc3ccccc3OC)c3ccccc23)s1. The van der Waals surface area contributed by atoms with Crippen molar-refractivity contribution in [2.75, 3.05) is 19.0 Å². The Bertz CT molecular complexity index is 1400. The van der Waals surface area contributed by atoms with E-state index in [1.807, 2.05) is 65.4 Å². The van der Waals surface area contributed by atoms with Crippen molar-refractivity contribution in [3.63, 3.8) is 0 Å². The summed E-state index contributed by atoms with van der Waals surface area (Å²) in [6.07, 6.45) is 5.27. The van der Waals surface area contributed by atoms with Crippen LogP contribution in [0, 0.1) is 11.3 Å². The van der Waals surface area contributed by atoms with Gasteiger partial charge >= 0.3 is 0 Å². The number of carbonyl (C=O) groups is 1. The molecule has 0 spiro atoms. The third kappa shape index (κ3) is 5.67. The maximum atomic E-state index is 12.7. The van der Waals surface area contributed by atoms with E-state index in [2.05, 4.69) is 22.4 Å². The summed E-state index contributed by atoms with van der Waals surface area (Å²) in [4.78, 5) is 12.7. The van der Waals surface area contributed by atoms with Gasteiger partial charge in [-0.1, -0.05) is 48.6 Å². The summed E-state index contributed by atoms with van der Waals surface area (Å²) in [5.41, 5.74) is 1.74. The molecule has 0 saturated heterocycles. The van der Waals surface area contributed by atoms with Gasteiger partial charge in [0.2, 0.25) is 5.13 Å². The second-order valence-electron chi connectivity index (χ2n) is 7.67. The van der Waals surface area contributed by atoms with Gasteiger partial charge in [0.1, 0.15) is 23.3 Å². The molecule has 2 aromatic carbocycles. The van der Waals surface area contributed by atoms with Gasteiger partial charge in [0, 0.05) is 29.1 Å². The van der Waals surface area contributed by atoms with E-state index in [4.69, 9.17) is 9.47 Å². The number of aryl methyl sites for hydroxylation is 1. The number of ether oxygens (including phenoxy) is 2. The second-order valence-corrected chi connectivity index (χ2v) is 8.73. The van der Waals surface area contributed by atoms with Gasteiger partial charge in [-0.3, -0.25) is 10.1 Å². The van der Waals surface area contributed by atoms with Crippen LogP contribution >= 0.6 is 11.3 Å². The van der Waals surface area contributed by atoms with Gasteiger partial charge in [-0.05, 0) is 30.7 Å². The lowest BCUT2D eigenvalue weighted by atomic mass is 10.1. The molecular weight excluding hydrogens is 462 g/mol. The summed E-state index contributed by atoms with van der Waals surface area (Å²) < 4.78 is 13.3. The molecule has 0 bridgehead atoms. The quantitative estimate of drug-likeness (QED) is 0.247. The first kappa shape index (κ1) is 24.0.